The highest BCUT2D eigenvalue weighted by Gasteiger charge is 2.19. The van der Waals surface area contributed by atoms with E-state index in [9.17, 15) is 14.4 Å². The summed E-state index contributed by atoms with van der Waals surface area (Å²) >= 11 is 0. The first-order valence-corrected chi connectivity index (χ1v) is 6.39. The second-order valence-electron chi connectivity index (χ2n) is 3.95. The monoisotopic (exact) mass is 295 g/mol. The van der Waals surface area contributed by atoms with E-state index in [-0.39, 0.29) is 31.1 Å². The van der Waals surface area contributed by atoms with E-state index in [1.807, 2.05) is 0 Å². The van der Waals surface area contributed by atoms with Crippen molar-refractivity contribution in [3.63, 3.8) is 0 Å². The number of pyridine rings is 1. The zero-order valence-corrected chi connectivity index (χ0v) is 11.8. The van der Waals surface area contributed by atoms with Gasteiger partial charge in [0.15, 0.2) is 5.69 Å². The van der Waals surface area contributed by atoms with E-state index in [0.29, 0.717) is 0 Å². The minimum atomic E-state index is -1.25. The molecule has 8 nitrogen and oxygen atoms in total. The minimum Gasteiger partial charge on any atom is -0.476 e. The summed E-state index contributed by atoms with van der Waals surface area (Å²) < 4.78 is 4.77. The lowest BCUT2D eigenvalue weighted by molar-refractivity contribution is -0.143. The number of carboxylic acid groups (broad SMARTS) is 1. The molecule has 1 aromatic rings. The third-order valence-corrected chi connectivity index (χ3v) is 2.55. The molecule has 1 rings (SSSR count). The molecule has 0 atom stereocenters. The zero-order chi connectivity index (χ0) is 15.8. The number of nitrogens with zero attached hydrogens (tertiary/aromatic N) is 2. The van der Waals surface area contributed by atoms with E-state index in [4.69, 9.17) is 9.84 Å². The molecule has 0 aliphatic carbocycles. The first-order valence-electron chi connectivity index (χ1n) is 6.39. The van der Waals surface area contributed by atoms with Crippen LogP contribution in [0.5, 0.6) is 0 Å². The molecule has 0 aromatic carbocycles. The maximum absolute atomic E-state index is 12.0. The van der Waals surface area contributed by atoms with Gasteiger partial charge in [0.25, 0.3) is 0 Å². The highest BCUT2D eigenvalue weighted by Crippen LogP contribution is 2.12. The number of urea groups is 1. The standard InChI is InChI=1S/C13H17N3O5/c1-3-16(8-10(17)21-4-2)13(20)15-9-6-5-7-14-11(9)12(18)19/h5-7H,3-4,8H2,1-2H3,(H,15,20)(H,18,19). The predicted molar refractivity (Wildman–Crippen MR) is 74.1 cm³/mol. The number of esters is 1. The fourth-order valence-electron chi connectivity index (χ4n) is 1.56. The SMILES string of the molecule is CCOC(=O)CN(CC)C(=O)Nc1cccnc1C(=O)O. The summed E-state index contributed by atoms with van der Waals surface area (Å²) in [6, 6.07) is 2.33. The van der Waals surface area contributed by atoms with Crippen molar-refractivity contribution in [2.45, 2.75) is 13.8 Å². The summed E-state index contributed by atoms with van der Waals surface area (Å²) in [6.45, 7) is 3.65. The molecule has 0 unspecified atom stereocenters. The summed E-state index contributed by atoms with van der Waals surface area (Å²) in [4.78, 5) is 39.3. The molecule has 0 saturated heterocycles. The summed E-state index contributed by atoms with van der Waals surface area (Å²) in [7, 11) is 0. The van der Waals surface area contributed by atoms with Crippen molar-refractivity contribution in [1.29, 1.82) is 0 Å². The maximum Gasteiger partial charge on any atom is 0.356 e. The van der Waals surface area contributed by atoms with Gasteiger partial charge >= 0.3 is 18.0 Å². The summed E-state index contributed by atoms with van der Waals surface area (Å²) in [5, 5.41) is 11.4. The van der Waals surface area contributed by atoms with Crippen LogP contribution in [0.4, 0.5) is 10.5 Å². The number of nitrogens with one attached hydrogen (secondary N) is 1. The number of aromatic carboxylic acids is 1. The third-order valence-electron chi connectivity index (χ3n) is 2.55. The number of ether oxygens (including phenoxy) is 1. The van der Waals surface area contributed by atoms with E-state index in [0.717, 1.165) is 0 Å². The van der Waals surface area contributed by atoms with Crippen LogP contribution in [0, 0.1) is 0 Å². The van der Waals surface area contributed by atoms with Gasteiger partial charge < -0.3 is 20.1 Å². The second kappa shape index (κ2) is 7.83. The Bertz CT molecular complexity index is 532. The number of anilines is 1. The first-order chi connectivity index (χ1) is 9.99. The van der Waals surface area contributed by atoms with Crippen LogP contribution >= 0.6 is 0 Å². The smallest absolute Gasteiger partial charge is 0.356 e. The lowest BCUT2D eigenvalue weighted by Crippen LogP contribution is -2.39. The molecule has 21 heavy (non-hydrogen) atoms. The van der Waals surface area contributed by atoms with Crippen LogP contribution in [0.1, 0.15) is 24.3 Å². The first kappa shape index (κ1) is 16.4. The van der Waals surface area contributed by atoms with Crippen LogP contribution in [-0.4, -0.2) is 52.7 Å². The molecule has 0 saturated carbocycles. The number of hydrogen-bond acceptors (Lipinski definition) is 5. The minimum absolute atomic E-state index is 0.0670. The fourth-order valence-corrected chi connectivity index (χ4v) is 1.56. The van der Waals surface area contributed by atoms with E-state index >= 15 is 0 Å². The highest BCUT2D eigenvalue weighted by atomic mass is 16.5. The Morgan fingerprint density at radius 3 is 2.67 bits per heavy atom. The zero-order valence-electron chi connectivity index (χ0n) is 11.8. The van der Waals surface area contributed by atoms with Crippen molar-refractivity contribution in [1.82, 2.24) is 9.88 Å². The van der Waals surface area contributed by atoms with Crippen molar-refractivity contribution in [2.75, 3.05) is 25.0 Å². The summed E-state index contributed by atoms with van der Waals surface area (Å²) in [5.41, 5.74) is -0.199. The van der Waals surface area contributed by atoms with Crippen molar-refractivity contribution in [3.05, 3.63) is 24.0 Å². The Hall–Kier alpha value is -2.64. The molecule has 0 spiro atoms. The topological polar surface area (TPSA) is 109 Å². The number of carbonyl (C=O) groups is 3. The van der Waals surface area contributed by atoms with Crippen LogP contribution < -0.4 is 5.32 Å². The Kier molecular flexibility index (Phi) is 6.12. The molecular formula is C13H17N3O5. The molecule has 0 aliphatic heterocycles. The molecule has 2 N–H and O–H groups in total. The largest absolute Gasteiger partial charge is 0.476 e. The van der Waals surface area contributed by atoms with E-state index in [1.54, 1.807) is 13.8 Å². The quantitative estimate of drug-likeness (QED) is 0.763. The van der Waals surface area contributed by atoms with Crippen molar-refractivity contribution >= 4 is 23.7 Å². The fraction of sp³-hybridized carbons (Fsp3) is 0.385. The van der Waals surface area contributed by atoms with Crippen LogP contribution in [0.15, 0.2) is 18.3 Å². The van der Waals surface area contributed by atoms with Gasteiger partial charge in [-0.25, -0.2) is 14.6 Å². The van der Waals surface area contributed by atoms with E-state index in [2.05, 4.69) is 10.3 Å². The van der Waals surface area contributed by atoms with Crippen LogP contribution in [0.2, 0.25) is 0 Å². The lowest BCUT2D eigenvalue weighted by atomic mass is 10.3. The van der Waals surface area contributed by atoms with Crippen LogP contribution in [-0.2, 0) is 9.53 Å². The number of amides is 2. The summed E-state index contributed by atoms with van der Waals surface area (Å²) in [5.74, 6) is -1.78. The lowest BCUT2D eigenvalue weighted by Gasteiger charge is -2.20. The molecule has 1 aromatic heterocycles. The van der Waals surface area contributed by atoms with Gasteiger partial charge in [0.05, 0.1) is 12.3 Å². The van der Waals surface area contributed by atoms with Gasteiger partial charge in [0, 0.05) is 12.7 Å². The van der Waals surface area contributed by atoms with Gasteiger partial charge in [-0.2, -0.15) is 0 Å². The molecule has 2 amide bonds. The second-order valence-corrected chi connectivity index (χ2v) is 3.95. The Balaban J connectivity index is 2.79. The molecule has 8 heteroatoms. The predicted octanol–water partition coefficient (Wildman–Crippen LogP) is 1.20. The average Bonchev–Trinajstić information content (AvgIpc) is 2.45. The van der Waals surface area contributed by atoms with Crippen molar-refractivity contribution in [2.24, 2.45) is 0 Å². The number of rotatable bonds is 6. The highest BCUT2D eigenvalue weighted by molar-refractivity contribution is 5.99. The molecule has 1 heterocycles. The van der Waals surface area contributed by atoms with Gasteiger partial charge in [0.2, 0.25) is 0 Å². The van der Waals surface area contributed by atoms with Gasteiger partial charge in [0.1, 0.15) is 6.54 Å². The van der Waals surface area contributed by atoms with Gasteiger partial charge in [-0.15, -0.1) is 0 Å². The molecule has 0 aliphatic rings. The van der Waals surface area contributed by atoms with E-state index in [1.165, 1.54) is 23.2 Å². The summed E-state index contributed by atoms with van der Waals surface area (Å²) in [6.07, 6.45) is 1.31. The average molecular weight is 295 g/mol. The maximum atomic E-state index is 12.0. The number of likely N-dealkylation sites (N-methyl/N-ethyl adjacent to an activating group) is 1. The van der Waals surface area contributed by atoms with Gasteiger partial charge in [-0.05, 0) is 26.0 Å². The number of carboxylic acids is 1. The molecule has 114 valence electrons. The molecular weight excluding hydrogens is 278 g/mol. The molecule has 0 radical (unpaired) electrons. The molecule has 0 fully saturated rings. The Labute approximate surface area is 121 Å². The number of carbonyl (C=O) groups excluding carboxylic acids is 2. The Morgan fingerprint density at radius 1 is 1.38 bits per heavy atom. The molecule has 0 bridgehead atoms. The van der Waals surface area contributed by atoms with Gasteiger partial charge in [-0.3, -0.25) is 4.79 Å². The third kappa shape index (κ3) is 4.75. The van der Waals surface area contributed by atoms with Crippen LogP contribution in [0.25, 0.3) is 0 Å². The van der Waals surface area contributed by atoms with E-state index < -0.39 is 18.0 Å². The Morgan fingerprint density at radius 2 is 2.10 bits per heavy atom. The van der Waals surface area contributed by atoms with Crippen LogP contribution in [0.3, 0.4) is 0 Å². The van der Waals surface area contributed by atoms with Gasteiger partial charge in [-0.1, -0.05) is 0 Å². The van der Waals surface area contributed by atoms with Crippen molar-refractivity contribution < 1.29 is 24.2 Å². The number of aromatic nitrogens is 1. The van der Waals surface area contributed by atoms with Crippen molar-refractivity contribution in [3.8, 4) is 0 Å². The normalized spacial score (nSPS) is 9.81. The number of hydrogen-bond donors (Lipinski definition) is 2.